The lowest BCUT2D eigenvalue weighted by Gasteiger charge is -2.17. The summed E-state index contributed by atoms with van der Waals surface area (Å²) >= 11 is 0. The van der Waals surface area contributed by atoms with Gasteiger partial charge < -0.3 is 10.2 Å². The number of hydrogen-bond donors (Lipinski definition) is 1. The first-order valence-electron chi connectivity index (χ1n) is 6.58. The van der Waals surface area contributed by atoms with E-state index in [9.17, 15) is 13.2 Å². The molecule has 1 aromatic carbocycles. The van der Waals surface area contributed by atoms with Gasteiger partial charge in [-0.25, -0.2) is 8.42 Å². The quantitative estimate of drug-likeness (QED) is 0.913. The molecule has 0 bridgehead atoms. The Labute approximate surface area is 119 Å². The van der Waals surface area contributed by atoms with Crippen molar-refractivity contribution >= 4 is 21.4 Å². The minimum absolute atomic E-state index is 0.0629. The number of aryl methyl sites for hydroxylation is 1. The summed E-state index contributed by atoms with van der Waals surface area (Å²) < 4.78 is 23.0. The van der Waals surface area contributed by atoms with Gasteiger partial charge in [-0.1, -0.05) is 6.07 Å². The van der Waals surface area contributed by atoms with Crippen LogP contribution in [0.1, 0.15) is 22.3 Å². The Bertz CT molecular complexity index is 623. The summed E-state index contributed by atoms with van der Waals surface area (Å²) in [4.78, 5) is 13.5. The van der Waals surface area contributed by atoms with Crippen LogP contribution in [0, 0.1) is 6.92 Å². The zero-order chi connectivity index (χ0) is 14.9. The van der Waals surface area contributed by atoms with Crippen molar-refractivity contribution < 1.29 is 13.2 Å². The zero-order valence-corrected chi connectivity index (χ0v) is 12.8. The summed E-state index contributed by atoms with van der Waals surface area (Å²) in [6.07, 6.45) is 0.619. The maximum absolute atomic E-state index is 12.0. The van der Waals surface area contributed by atoms with Crippen LogP contribution in [0.5, 0.6) is 0 Å². The number of carbonyl (C=O) groups is 1. The van der Waals surface area contributed by atoms with Gasteiger partial charge in [0.25, 0.3) is 5.91 Å². The van der Waals surface area contributed by atoms with Gasteiger partial charge in [0.1, 0.15) is 0 Å². The Balaban J connectivity index is 2.19. The molecule has 2 rings (SSSR count). The number of anilines is 1. The Kier molecular flexibility index (Phi) is 4.04. The second kappa shape index (κ2) is 5.44. The SMILES string of the molecule is Cc1ccc(C(=O)N(C)C)cc1NC1CCS(=O)(=O)C1. The van der Waals surface area contributed by atoms with Crippen LogP contribution in [0.4, 0.5) is 5.69 Å². The largest absolute Gasteiger partial charge is 0.381 e. The predicted molar refractivity (Wildman–Crippen MR) is 79.9 cm³/mol. The van der Waals surface area contributed by atoms with E-state index in [2.05, 4.69) is 5.32 Å². The first-order chi connectivity index (χ1) is 9.28. The molecule has 1 unspecified atom stereocenters. The number of carbonyl (C=O) groups excluding carboxylic acids is 1. The van der Waals surface area contributed by atoms with E-state index in [1.165, 1.54) is 4.90 Å². The molecule has 0 aromatic heterocycles. The molecule has 1 fully saturated rings. The number of nitrogens with one attached hydrogen (secondary N) is 1. The monoisotopic (exact) mass is 296 g/mol. The third-order valence-electron chi connectivity index (χ3n) is 3.48. The number of sulfone groups is 1. The van der Waals surface area contributed by atoms with Crippen molar-refractivity contribution in [1.82, 2.24) is 4.90 Å². The van der Waals surface area contributed by atoms with Crippen molar-refractivity contribution in [2.75, 3.05) is 30.9 Å². The van der Waals surface area contributed by atoms with E-state index in [1.54, 1.807) is 26.2 Å². The minimum atomic E-state index is -2.91. The van der Waals surface area contributed by atoms with Gasteiger partial charge in [-0.3, -0.25) is 4.79 Å². The van der Waals surface area contributed by atoms with Gasteiger partial charge in [-0.05, 0) is 31.0 Å². The summed E-state index contributed by atoms with van der Waals surface area (Å²) in [5, 5.41) is 3.25. The molecule has 1 atom stereocenters. The lowest BCUT2D eigenvalue weighted by molar-refractivity contribution is 0.0827. The van der Waals surface area contributed by atoms with E-state index in [-0.39, 0.29) is 23.5 Å². The number of nitrogens with zero attached hydrogens (tertiary/aromatic N) is 1. The second-order valence-corrected chi connectivity index (χ2v) is 7.70. The van der Waals surface area contributed by atoms with Crippen molar-refractivity contribution in [3.8, 4) is 0 Å². The second-order valence-electron chi connectivity index (χ2n) is 5.47. The molecule has 0 saturated carbocycles. The maximum Gasteiger partial charge on any atom is 0.253 e. The van der Waals surface area contributed by atoms with Crippen LogP contribution in [-0.4, -0.2) is 50.9 Å². The molecule has 110 valence electrons. The van der Waals surface area contributed by atoms with Gasteiger partial charge in [-0.15, -0.1) is 0 Å². The van der Waals surface area contributed by atoms with Crippen molar-refractivity contribution in [2.24, 2.45) is 0 Å². The van der Waals surface area contributed by atoms with Crippen LogP contribution in [0.15, 0.2) is 18.2 Å². The van der Waals surface area contributed by atoms with Crippen molar-refractivity contribution in [1.29, 1.82) is 0 Å². The average molecular weight is 296 g/mol. The molecular formula is C14H20N2O3S. The highest BCUT2D eigenvalue weighted by molar-refractivity contribution is 7.91. The molecule has 1 aliphatic rings. The normalized spacial score (nSPS) is 20.6. The fourth-order valence-corrected chi connectivity index (χ4v) is 3.97. The molecule has 0 radical (unpaired) electrons. The highest BCUT2D eigenvalue weighted by Gasteiger charge is 2.28. The highest BCUT2D eigenvalue weighted by atomic mass is 32.2. The first kappa shape index (κ1) is 14.8. The van der Waals surface area contributed by atoms with Crippen LogP contribution in [-0.2, 0) is 9.84 Å². The fourth-order valence-electron chi connectivity index (χ4n) is 2.30. The number of amides is 1. The molecule has 1 aliphatic heterocycles. The number of rotatable bonds is 3. The van der Waals surface area contributed by atoms with Crippen LogP contribution in [0.25, 0.3) is 0 Å². The summed E-state index contributed by atoms with van der Waals surface area (Å²) in [5.74, 6) is 0.338. The highest BCUT2D eigenvalue weighted by Crippen LogP contribution is 2.22. The molecule has 5 nitrogen and oxygen atoms in total. The topological polar surface area (TPSA) is 66.5 Å². The maximum atomic E-state index is 12.0. The van der Waals surface area contributed by atoms with E-state index in [4.69, 9.17) is 0 Å². The first-order valence-corrected chi connectivity index (χ1v) is 8.40. The Morgan fingerprint density at radius 2 is 2.05 bits per heavy atom. The molecule has 1 saturated heterocycles. The Morgan fingerprint density at radius 1 is 1.35 bits per heavy atom. The molecule has 1 heterocycles. The van der Waals surface area contributed by atoms with Crippen molar-refractivity contribution in [3.63, 3.8) is 0 Å². The zero-order valence-electron chi connectivity index (χ0n) is 12.0. The molecular weight excluding hydrogens is 276 g/mol. The van der Waals surface area contributed by atoms with E-state index >= 15 is 0 Å². The molecule has 1 amide bonds. The van der Waals surface area contributed by atoms with Crippen LogP contribution in [0.3, 0.4) is 0 Å². The standard InChI is InChI=1S/C14H20N2O3S/c1-10-4-5-11(14(17)16(2)3)8-13(10)15-12-6-7-20(18,19)9-12/h4-5,8,12,15H,6-7,9H2,1-3H3. The van der Waals surface area contributed by atoms with E-state index in [0.29, 0.717) is 12.0 Å². The van der Waals surface area contributed by atoms with Crippen molar-refractivity contribution in [3.05, 3.63) is 29.3 Å². The molecule has 0 aliphatic carbocycles. The summed E-state index contributed by atoms with van der Waals surface area (Å²) in [6, 6.07) is 5.39. The van der Waals surface area contributed by atoms with E-state index in [0.717, 1.165) is 11.3 Å². The fraction of sp³-hybridized carbons (Fsp3) is 0.500. The summed E-state index contributed by atoms with van der Waals surface area (Å²) in [6.45, 7) is 1.94. The van der Waals surface area contributed by atoms with Crippen LogP contribution >= 0.6 is 0 Å². The lowest BCUT2D eigenvalue weighted by atomic mass is 10.1. The van der Waals surface area contributed by atoms with E-state index < -0.39 is 9.84 Å². The number of benzene rings is 1. The smallest absolute Gasteiger partial charge is 0.253 e. The van der Waals surface area contributed by atoms with Crippen LogP contribution in [0.2, 0.25) is 0 Å². The summed E-state index contributed by atoms with van der Waals surface area (Å²) in [5.41, 5.74) is 2.44. The molecule has 1 aromatic rings. The Morgan fingerprint density at radius 3 is 2.60 bits per heavy atom. The minimum Gasteiger partial charge on any atom is -0.381 e. The average Bonchev–Trinajstić information content (AvgIpc) is 2.70. The lowest BCUT2D eigenvalue weighted by Crippen LogP contribution is -2.23. The van der Waals surface area contributed by atoms with Gasteiger partial charge in [0.2, 0.25) is 0 Å². The van der Waals surface area contributed by atoms with Gasteiger partial charge >= 0.3 is 0 Å². The molecule has 0 spiro atoms. The van der Waals surface area contributed by atoms with Gasteiger partial charge in [0.15, 0.2) is 9.84 Å². The van der Waals surface area contributed by atoms with Gasteiger partial charge in [0.05, 0.1) is 11.5 Å². The molecule has 20 heavy (non-hydrogen) atoms. The third kappa shape index (κ3) is 3.30. The number of hydrogen-bond acceptors (Lipinski definition) is 4. The van der Waals surface area contributed by atoms with Crippen LogP contribution < -0.4 is 5.32 Å². The molecule has 6 heteroatoms. The van der Waals surface area contributed by atoms with E-state index in [1.807, 2.05) is 13.0 Å². The summed E-state index contributed by atoms with van der Waals surface area (Å²) in [7, 11) is 0.508. The van der Waals surface area contributed by atoms with Crippen molar-refractivity contribution in [2.45, 2.75) is 19.4 Å². The van der Waals surface area contributed by atoms with Gasteiger partial charge in [0, 0.05) is 31.4 Å². The predicted octanol–water partition coefficient (Wildman–Crippen LogP) is 1.30. The third-order valence-corrected chi connectivity index (χ3v) is 5.25. The molecule has 1 N–H and O–H groups in total. The Hall–Kier alpha value is -1.56. The van der Waals surface area contributed by atoms with Gasteiger partial charge in [-0.2, -0.15) is 0 Å².